The molecule has 1 saturated heterocycles. The van der Waals surface area contributed by atoms with Gasteiger partial charge in [0.1, 0.15) is 0 Å². The van der Waals surface area contributed by atoms with Crippen LogP contribution in [0.5, 0.6) is 0 Å². The van der Waals surface area contributed by atoms with Crippen molar-refractivity contribution in [1.29, 1.82) is 0 Å². The highest BCUT2D eigenvalue weighted by molar-refractivity contribution is 6.03. The normalized spacial score (nSPS) is 16.4. The molecule has 0 aliphatic carbocycles. The molecule has 1 fully saturated rings. The van der Waals surface area contributed by atoms with E-state index in [1.807, 2.05) is 15.8 Å². The van der Waals surface area contributed by atoms with E-state index in [0.29, 0.717) is 23.0 Å². The Morgan fingerprint density at radius 1 is 1.17 bits per heavy atom. The molecule has 1 aliphatic heterocycles. The number of hydrogen-bond donors (Lipinski definition) is 2. The van der Waals surface area contributed by atoms with Gasteiger partial charge in [0.15, 0.2) is 5.69 Å². The minimum Gasteiger partial charge on any atom is -0.339 e. The van der Waals surface area contributed by atoms with Crippen molar-refractivity contribution in [3.63, 3.8) is 0 Å². The Kier molecular flexibility index (Phi) is 7.41. The van der Waals surface area contributed by atoms with Crippen molar-refractivity contribution in [3.05, 3.63) is 47.8 Å². The van der Waals surface area contributed by atoms with Crippen LogP contribution in [-0.4, -0.2) is 52.7 Å². The largest absolute Gasteiger partial charge is 0.339 e. The minimum atomic E-state index is -0.245. The number of hydrogen-bond acceptors (Lipinski definition) is 4. The molecule has 2 heterocycles. The number of rotatable bonds is 8. The van der Waals surface area contributed by atoms with Gasteiger partial charge < -0.3 is 15.5 Å². The first kappa shape index (κ1) is 21.0. The zero-order valence-corrected chi connectivity index (χ0v) is 17.4. The third-order valence-electron chi connectivity index (χ3n) is 5.15. The monoisotopic (exact) mass is 397 g/mol. The Hall–Kier alpha value is -2.67. The lowest BCUT2D eigenvalue weighted by atomic mass is 10.1. The van der Waals surface area contributed by atoms with Gasteiger partial charge in [0.2, 0.25) is 0 Å². The second-order valence-electron chi connectivity index (χ2n) is 7.50. The Morgan fingerprint density at radius 3 is 2.52 bits per heavy atom. The molecule has 1 aromatic heterocycles. The van der Waals surface area contributed by atoms with Gasteiger partial charge in [-0.1, -0.05) is 13.8 Å². The van der Waals surface area contributed by atoms with Gasteiger partial charge in [0.25, 0.3) is 11.8 Å². The van der Waals surface area contributed by atoms with Crippen LogP contribution in [0.3, 0.4) is 0 Å². The Balaban J connectivity index is 1.61. The second-order valence-corrected chi connectivity index (χ2v) is 7.50. The van der Waals surface area contributed by atoms with Crippen LogP contribution in [0.4, 0.5) is 5.69 Å². The molecular weight excluding hydrogens is 366 g/mol. The van der Waals surface area contributed by atoms with Crippen LogP contribution in [0.25, 0.3) is 0 Å². The highest BCUT2D eigenvalue weighted by Crippen LogP contribution is 2.17. The van der Waals surface area contributed by atoms with E-state index < -0.39 is 0 Å². The van der Waals surface area contributed by atoms with E-state index in [-0.39, 0.29) is 11.8 Å². The number of piperidine rings is 1. The van der Waals surface area contributed by atoms with Gasteiger partial charge in [0, 0.05) is 37.1 Å². The van der Waals surface area contributed by atoms with Gasteiger partial charge in [-0.15, -0.1) is 0 Å². The van der Waals surface area contributed by atoms with Crippen LogP contribution in [0.15, 0.2) is 36.5 Å². The third-order valence-corrected chi connectivity index (χ3v) is 5.15. The SMILES string of the molecule is CCCN(CCC)C(=O)c1ccc(NC(=O)c2ccn(C3CCCNC3)n2)cc1. The average Bonchev–Trinajstić information content (AvgIpc) is 3.25. The minimum absolute atomic E-state index is 0.0337. The van der Waals surface area contributed by atoms with Crippen molar-refractivity contribution >= 4 is 17.5 Å². The van der Waals surface area contributed by atoms with Gasteiger partial charge in [0.05, 0.1) is 6.04 Å². The molecule has 1 unspecified atom stereocenters. The zero-order valence-electron chi connectivity index (χ0n) is 17.4. The third kappa shape index (κ3) is 5.44. The maximum atomic E-state index is 12.7. The number of carbonyl (C=O) groups excluding carboxylic acids is 2. The summed E-state index contributed by atoms with van der Waals surface area (Å²) in [6.45, 7) is 7.57. The molecule has 0 radical (unpaired) electrons. The molecule has 1 aromatic carbocycles. The zero-order chi connectivity index (χ0) is 20.6. The number of carbonyl (C=O) groups is 2. The maximum Gasteiger partial charge on any atom is 0.276 e. The van der Waals surface area contributed by atoms with Crippen LogP contribution in [0, 0.1) is 0 Å². The van der Waals surface area contributed by atoms with E-state index in [1.165, 1.54) is 0 Å². The summed E-state index contributed by atoms with van der Waals surface area (Å²) in [6, 6.07) is 9.11. The van der Waals surface area contributed by atoms with Crippen molar-refractivity contribution in [3.8, 4) is 0 Å². The Labute approximate surface area is 172 Å². The Morgan fingerprint density at radius 2 is 1.90 bits per heavy atom. The molecule has 0 bridgehead atoms. The summed E-state index contributed by atoms with van der Waals surface area (Å²) in [5.74, 6) is -0.211. The van der Waals surface area contributed by atoms with Crippen molar-refractivity contribution in [1.82, 2.24) is 20.0 Å². The number of anilines is 1. The molecule has 2 amide bonds. The van der Waals surface area contributed by atoms with Crippen molar-refractivity contribution in [2.45, 2.75) is 45.6 Å². The summed E-state index contributed by atoms with van der Waals surface area (Å²) in [5, 5.41) is 10.7. The summed E-state index contributed by atoms with van der Waals surface area (Å²) in [5.41, 5.74) is 1.68. The van der Waals surface area contributed by atoms with Gasteiger partial charge in [-0.25, -0.2) is 0 Å². The molecule has 2 N–H and O–H groups in total. The first-order chi connectivity index (χ1) is 14.1. The van der Waals surface area contributed by atoms with E-state index >= 15 is 0 Å². The lowest BCUT2D eigenvalue weighted by Crippen LogP contribution is -2.32. The van der Waals surface area contributed by atoms with Crippen molar-refractivity contribution in [2.24, 2.45) is 0 Å². The molecule has 2 aromatic rings. The fourth-order valence-corrected chi connectivity index (χ4v) is 3.65. The fraction of sp³-hybridized carbons (Fsp3) is 0.500. The summed E-state index contributed by atoms with van der Waals surface area (Å²) < 4.78 is 1.87. The number of nitrogens with zero attached hydrogens (tertiary/aromatic N) is 3. The number of amides is 2. The lowest BCUT2D eigenvalue weighted by Gasteiger charge is -2.22. The van der Waals surface area contributed by atoms with Crippen LogP contribution in [-0.2, 0) is 0 Å². The van der Waals surface area contributed by atoms with Gasteiger partial charge in [-0.3, -0.25) is 14.3 Å². The molecule has 3 rings (SSSR count). The Bertz CT molecular complexity index is 803. The number of benzene rings is 1. The van der Waals surface area contributed by atoms with E-state index in [9.17, 15) is 9.59 Å². The summed E-state index contributed by atoms with van der Waals surface area (Å²) in [7, 11) is 0. The van der Waals surface area contributed by atoms with Crippen LogP contribution in [0.1, 0.15) is 66.4 Å². The van der Waals surface area contributed by atoms with Crippen molar-refractivity contribution < 1.29 is 9.59 Å². The maximum absolute atomic E-state index is 12.7. The van der Waals surface area contributed by atoms with E-state index in [0.717, 1.165) is 51.9 Å². The molecule has 29 heavy (non-hydrogen) atoms. The summed E-state index contributed by atoms with van der Waals surface area (Å²) >= 11 is 0. The van der Waals surface area contributed by atoms with E-state index in [2.05, 4.69) is 29.6 Å². The standard InChI is InChI=1S/C22H31N5O2/c1-3-13-26(14-4-2)22(29)17-7-9-18(10-8-17)24-21(28)20-11-15-27(25-20)19-6-5-12-23-16-19/h7-11,15,19,23H,3-6,12-14,16H2,1-2H3,(H,24,28). The number of aromatic nitrogens is 2. The van der Waals surface area contributed by atoms with Crippen LogP contribution < -0.4 is 10.6 Å². The lowest BCUT2D eigenvalue weighted by molar-refractivity contribution is 0.0755. The second kappa shape index (κ2) is 10.2. The van der Waals surface area contributed by atoms with Gasteiger partial charge in [-0.05, 0) is 62.6 Å². The number of nitrogens with one attached hydrogen (secondary N) is 2. The topological polar surface area (TPSA) is 79.3 Å². The molecular formula is C22H31N5O2. The molecule has 1 atom stereocenters. The first-order valence-corrected chi connectivity index (χ1v) is 10.6. The summed E-state index contributed by atoms with van der Waals surface area (Å²) in [6.07, 6.45) is 5.92. The molecule has 0 spiro atoms. The predicted octanol–water partition coefficient (Wildman–Crippen LogP) is 3.32. The van der Waals surface area contributed by atoms with Gasteiger partial charge >= 0.3 is 0 Å². The molecule has 1 aliphatic rings. The van der Waals surface area contributed by atoms with Gasteiger partial charge in [-0.2, -0.15) is 5.10 Å². The smallest absolute Gasteiger partial charge is 0.276 e. The predicted molar refractivity (Wildman–Crippen MR) is 114 cm³/mol. The molecule has 156 valence electrons. The highest BCUT2D eigenvalue weighted by Gasteiger charge is 2.18. The van der Waals surface area contributed by atoms with E-state index in [4.69, 9.17) is 0 Å². The average molecular weight is 398 g/mol. The quantitative estimate of drug-likeness (QED) is 0.716. The van der Waals surface area contributed by atoms with E-state index in [1.54, 1.807) is 30.3 Å². The highest BCUT2D eigenvalue weighted by atomic mass is 16.2. The molecule has 7 heteroatoms. The molecule has 0 saturated carbocycles. The molecule has 7 nitrogen and oxygen atoms in total. The summed E-state index contributed by atoms with van der Waals surface area (Å²) in [4.78, 5) is 27.1. The van der Waals surface area contributed by atoms with Crippen molar-refractivity contribution in [2.75, 3.05) is 31.5 Å². The fourth-order valence-electron chi connectivity index (χ4n) is 3.65. The van der Waals surface area contributed by atoms with Crippen LogP contribution in [0.2, 0.25) is 0 Å². The van der Waals surface area contributed by atoms with Crippen LogP contribution >= 0.6 is 0 Å². The first-order valence-electron chi connectivity index (χ1n) is 10.6.